The fraction of sp³-hybridized carbons (Fsp3) is 0.200. The second-order valence-corrected chi connectivity index (χ2v) is 6.30. The van der Waals surface area contributed by atoms with E-state index in [2.05, 4.69) is 40.4 Å². The Balaban J connectivity index is 2.09. The van der Waals surface area contributed by atoms with E-state index in [0.717, 1.165) is 14.7 Å². The van der Waals surface area contributed by atoms with E-state index in [1.165, 1.54) is 0 Å². The van der Waals surface area contributed by atoms with Crippen LogP contribution >= 0.6 is 22.6 Å². The zero-order valence-corrected chi connectivity index (χ0v) is 16.6. The van der Waals surface area contributed by atoms with Crippen molar-refractivity contribution in [3.05, 3.63) is 69.3 Å². The number of rotatable bonds is 9. The Bertz CT molecular complexity index is 828. The van der Waals surface area contributed by atoms with E-state index >= 15 is 0 Å². The molecule has 2 aromatic rings. The fourth-order valence-corrected chi connectivity index (χ4v) is 2.95. The van der Waals surface area contributed by atoms with Gasteiger partial charge in [0, 0.05) is 11.1 Å². The molecular formula is C20H19IN2O3. The first-order valence-electron chi connectivity index (χ1n) is 8.03. The minimum atomic E-state index is 0.232. The van der Waals surface area contributed by atoms with Gasteiger partial charge >= 0.3 is 0 Å². The number of nitriles is 1. The first-order chi connectivity index (χ1) is 12.7. The van der Waals surface area contributed by atoms with Gasteiger partial charge in [0.15, 0.2) is 11.5 Å². The third-order valence-electron chi connectivity index (χ3n) is 3.31. The highest BCUT2D eigenvalue weighted by atomic mass is 127. The second kappa shape index (κ2) is 10.5. The number of hydrogen-bond donors (Lipinski definition) is 0. The first-order valence-corrected chi connectivity index (χ1v) is 9.10. The lowest BCUT2D eigenvalue weighted by molar-refractivity contribution is 0.132. The molecule has 0 N–H and O–H groups in total. The summed E-state index contributed by atoms with van der Waals surface area (Å²) in [7, 11) is 0. The molecule has 0 unspecified atom stereocenters. The summed E-state index contributed by atoms with van der Waals surface area (Å²) in [4.78, 5) is 5.33. The quantitative estimate of drug-likeness (QED) is 0.235. The highest BCUT2D eigenvalue weighted by molar-refractivity contribution is 14.1. The van der Waals surface area contributed by atoms with Gasteiger partial charge in [-0.2, -0.15) is 5.26 Å². The summed E-state index contributed by atoms with van der Waals surface area (Å²) < 4.78 is 12.2. The molecule has 0 saturated carbocycles. The van der Waals surface area contributed by atoms with Crippen LogP contribution in [0.25, 0.3) is 0 Å². The van der Waals surface area contributed by atoms with Crippen molar-refractivity contribution < 1.29 is 14.3 Å². The van der Waals surface area contributed by atoms with Crippen LogP contribution in [0.2, 0.25) is 0 Å². The van der Waals surface area contributed by atoms with Crippen molar-refractivity contribution in [2.24, 2.45) is 5.16 Å². The summed E-state index contributed by atoms with van der Waals surface area (Å²) in [6, 6.07) is 13.2. The van der Waals surface area contributed by atoms with Crippen LogP contribution in [0.15, 0.2) is 54.2 Å². The molecule has 6 heteroatoms. The normalized spacial score (nSPS) is 10.3. The zero-order chi connectivity index (χ0) is 18.8. The Kier molecular flexibility index (Phi) is 7.96. The van der Waals surface area contributed by atoms with Gasteiger partial charge in [-0.1, -0.05) is 36.0 Å². The molecule has 0 amide bonds. The van der Waals surface area contributed by atoms with E-state index < -0.39 is 0 Å². The van der Waals surface area contributed by atoms with Crippen LogP contribution in [-0.2, 0) is 11.4 Å². The Hall–Kier alpha value is -2.53. The molecule has 5 nitrogen and oxygen atoms in total. The van der Waals surface area contributed by atoms with Crippen LogP contribution in [0.5, 0.6) is 11.5 Å². The molecule has 0 aliphatic carbocycles. The van der Waals surface area contributed by atoms with Crippen LogP contribution in [0.1, 0.15) is 23.6 Å². The maximum Gasteiger partial charge on any atom is 0.174 e. The summed E-state index contributed by atoms with van der Waals surface area (Å²) in [6.07, 6.45) is 3.30. The number of ether oxygens (including phenoxy) is 2. The number of halogens is 1. The van der Waals surface area contributed by atoms with E-state index in [0.29, 0.717) is 30.3 Å². The van der Waals surface area contributed by atoms with Crippen molar-refractivity contribution in [2.75, 3.05) is 13.2 Å². The van der Waals surface area contributed by atoms with E-state index in [1.54, 1.807) is 18.4 Å². The second-order valence-electron chi connectivity index (χ2n) is 5.14. The van der Waals surface area contributed by atoms with Gasteiger partial charge in [-0.05, 0) is 47.7 Å². The number of benzene rings is 2. The standard InChI is InChI=1S/C20H19IN2O3/c1-3-9-25-20-18(21)10-15(11-19(20)24-4-2)13-23-26-14-17-8-6-5-7-16(17)12-22/h3,5-8,10-11,13H,1,4,9,14H2,2H3/b23-13-. The SMILES string of the molecule is C=CCOc1c(I)cc(/C=N\OCc2ccccc2C#N)cc1OCC. The molecule has 134 valence electrons. The van der Waals surface area contributed by atoms with Gasteiger partial charge in [-0.15, -0.1) is 0 Å². The molecule has 0 radical (unpaired) electrons. The van der Waals surface area contributed by atoms with Crippen molar-refractivity contribution in [1.29, 1.82) is 5.26 Å². The van der Waals surface area contributed by atoms with Crippen LogP contribution in [0.4, 0.5) is 0 Å². The predicted octanol–water partition coefficient (Wildman–Crippen LogP) is 4.68. The Morgan fingerprint density at radius 2 is 2.08 bits per heavy atom. The predicted molar refractivity (Wildman–Crippen MR) is 110 cm³/mol. The lowest BCUT2D eigenvalue weighted by atomic mass is 10.1. The van der Waals surface area contributed by atoms with Gasteiger partial charge in [-0.25, -0.2) is 0 Å². The van der Waals surface area contributed by atoms with Crippen molar-refractivity contribution in [2.45, 2.75) is 13.5 Å². The molecular weight excluding hydrogens is 443 g/mol. The van der Waals surface area contributed by atoms with E-state index in [9.17, 15) is 0 Å². The summed E-state index contributed by atoms with van der Waals surface area (Å²) in [6.45, 7) is 6.75. The molecule has 0 heterocycles. The monoisotopic (exact) mass is 462 g/mol. The van der Waals surface area contributed by atoms with Crippen molar-refractivity contribution in [1.82, 2.24) is 0 Å². The van der Waals surface area contributed by atoms with Gasteiger partial charge in [0.2, 0.25) is 0 Å². The lowest BCUT2D eigenvalue weighted by Gasteiger charge is -2.13. The van der Waals surface area contributed by atoms with Crippen LogP contribution < -0.4 is 9.47 Å². The molecule has 2 aromatic carbocycles. The van der Waals surface area contributed by atoms with Crippen LogP contribution in [-0.4, -0.2) is 19.4 Å². The molecule has 0 atom stereocenters. The van der Waals surface area contributed by atoms with Crippen molar-refractivity contribution in [3.63, 3.8) is 0 Å². The van der Waals surface area contributed by atoms with E-state index in [4.69, 9.17) is 19.6 Å². The largest absolute Gasteiger partial charge is 0.490 e. The van der Waals surface area contributed by atoms with Crippen molar-refractivity contribution in [3.8, 4) is 17.6 Å². The summed E-state index contributed by atoms with van der Waals surface area (Å²) in [5.74, 6) is 1.34. The number of hydrogen-bond acceptors (Lipinski definition) is 5. The van der Waals surface area contributed by atoms with Gasteiger partial charge < -0.3 is 14.3 Å². The molecule has 0 aliphatic rings. The first kappa shape index (κ1) is 19.8. The minimum absolute atomic E-state index is 0.232. The van der Waals surface area contributed by atoms with E-state index in [1.807, 2.05) is 37.3 Å². The molecule has 0 spiro atoms. The molecule has 2 rings (SSSR count). The van der Waals surface area contributed by atoms with Crippen molar-refractivity contribution >= 4 is 28.8 Å². The summed E-state index contributed by atoms with van der Waals surface area (Å²) in [5, 5.41) is 13.1. The Labute approximate surface area is 167 Å². The maximum absolute atomic E-state index is 9.08. The summed E-state index contributed by atoms with van der Waals surface area (Å²) in [5.41, 5.74) is 2.21. The van der Waals surface area contributed by atoms with Gasteiger partial charge in [0.1, 0.15) is 13.2 Å². The maximum atomic E-state index is 9.08. The minimum Gasteiger partial charge on any atom is -0.490 e. The van der Waals surface area contributed by atoms with Crippen LogP contribution in [0, 0.1) is 14.9 Å². The Morgan fingerprint density at radius 1 is 1.27 bits per heavy atom. The smallest absolute Gasteiger partial charge is 0.174 e. The molecule has 26 heavy (non-hydrogen) atoms. The third kappa shape index (κ3) is 5.49. The third-order valence-corrected chi connectivity index (χ3v) is 4.11. The highest BCUT2D eigenvalue weighted by Gasteiger charge is 2.11. The Morgan fingerprint density at radius 3 is 2.81 bits per heavy atom. The average Bonchev–Trinajstić information content (AvgIpc) is 2.65. The lowest BCUT2D eigenvalue weighted by Crippen LogP contribution is -2.02. The van der Waals surface area contributed by atoms with Gasteiger partial charge in [0.25, 0.3) is 0 Å². The average molecular weight is 462 g/mol. The highest BCUT2D eigenvalue weighted by Crippen LogP contribution is 2.34. The summed E-state index contributed by atoms with van der Waals surface area (Å²) >= 11 is 2.19. The molecule has 0 aromatic heterocycles. The molecule has 0 aliphatic heterocycles. The molecule has 0 saturated heterocycles. The van der Waals surface area contributed by atoms with Crippen LogP contribution in [0.3, 0.4) is 0 Å². The zero-order valence-electron chi connectivity index (χ0n) is 14.4. The fourth-order valence-electron chi connectivity index (χ4n) is 2.17. The number of oxime groups is 1. The molecule has 0 bridgehead atoms. The van der Waals surface area contributed by atoms with E-state index in [-0.39, 0.29) is 6.61 Å². The van der Waals surface area contributed by atoms with Gasteiger partial charge in [0.05, 0.1) is 28.0 Å². The molecule has 0 fully saturated rings. The van der Waals surface area contributed by atoms with Gasteiger partial charge in [-0.3, -0.25) is 0 Å². The number of nitrogens with zero attached hydrogens (tertiary/aromatic N) is 2. The topological polar surface area (TPSA) is 63.8 Å².